The van der Waals surface area contributed by atoms with E-state index in [4.69, 9.17) is 0 Å². The lowest BCUT2D eigenvalue weighted by molar-refractivity contribution is -0.134. The van der Waals surface area contributed by atoms with Crippen LogP contribution in [0.2, 0.25) is 0 Å². The average molecular weight is 196 g/mol. The van der Waals surface area contributed by atoms with Crippen LogP contribution in [-0.4, -0.2) is 36.5 Å². The third-order valence-electron chi connectivity index (χ3n) is 3.45. The van der Waals surface area contributed by atoms with E-state index in [1.165, 1.54) is 12.8 Å². The fourth-order valence-corrected chi connectivity index (χ4v) is 2.34. The quantitative estimate of drug-likeness (QED) is 0.678. The van der Waals surface area contributed by atoms with Gasteiger partial charge >= 0.3 is 0 Å². The van der Waals surface area contributed by atoms with Crippen LogP contribution in [0.25, 0.3) is 0 Å². The van der Waals surface area contributed by atoms with Gasteiger partial charge in [0, 0.05) is 13.1 Å². The molecule has 80 valence electrons. The number of amides is 1. The number of likely N-dealkylation sites (tertiary alicyclic amines) is 1. The summed E-state index contributed by atoms with van der Waals surface area (Å²) in [6, 6.07) is 0.128. The van der Waals surface area contributed by atoms with E-state index in [1.54, 1.807) is 0 Å². The van der Waals surface area contributed by atoms with Crippen LogP contribution in [0.1, 0.15) is 32.6 Å². The van der Waals surface area contributed by atoms with Crippen LogP contribution in [0.15, 0.2) is 0 Å². The highest BCUT2D eigenvalue weighted by atomic mass is 16.2. The van der Waals surface area contributed by atoms with Crippen LogP contribution in [0, 0.1) is 5.92 Å². The van der Waals surface area contributed by atoms with Gasteiger partial charge in [-0.05, 0) is 38.1 Å². The number of nitrogens with zero attached hydrogens (tertiary/aromatic N) is 1. The molecule has 1 atom stereocenters. The molecule has 2 aliphatic rings. The van der Waals surface area contributed by atoms with Crippen molar-refractivity contribution in [2.75, 3.05) is 19.6 Å². The van der Waals surface area contributed by atoms with Gasteiger partial charge in [-0.3, -0.25) is 4.79 Å². The van der Waals surface area contributed by atoms with Crippen molar-refractivity contribution in [3.05, 3.63) is 0 Å². The molecular weight excluding hydrogens is 176 g/mol. The van der Waals surface area contributed by atoms with Gasteiger partial charge in [0.15, 0.2) is 0 Å². The summed E-state index contributed by atoms with van der Waals surface area (Å²) in [5.41, 5.74) is 0. The lowest BCUT2D eigenvalue weighted by atomic mass is 9.98. The Kier molecular flexibility index (Phi) is 3.06. The van der Waals surface area contributed by atoms with E-state index in [9.17, 15) is 4.79 Å². The standard InChI is InChI=1S/C11H20N2O/c1-9-4-7-13(8-5-9)11(14)10-3-2-6-12-10/h9-10,12H,2-8H2,1H3. The first-order valence-corrected chi connectivity index (χ1v) is 5.79. The Morgan fingerprint density at radius 3 is 2.57 bits per heavy atom. The first-order valence-electron chi connectivity index (χ1n) is 5.79. The molecule has 2 fully saturated rings. The monoisotopic (exact) mass is 196 g/mol. The summed E-state index contributed by atoms with van der Waals surface area (Å²) in [5.74, 6) is 1.14. The topological polar surface area (TPSA) is 32.3 Å². The van der Waals surface area contributed by atoms with Crippen molar-refractivity contribution in [2.24, 2.45) is 5.92 Å². The third-order valence-corrected chi connectivity index (χ3v) is 3.45. The van der Waals surface area contributed by atoms with Gasteiger partial charge in [0.1, 0.15) is 0 Å². The minimum atomic E-state index is 0.128. The fraction of sp³-hybridized carbons (Fsp3) is 0.909. The smallest absolute Gasteiger partial charge is 0.239 e. The van der Waals surface area contributed by atoms with Gasteiger partial charge in [0.2, 0.25) is 5.91 Å². The van der Waals surface area contributed by atoms with Crippen molar-refractivity contribution in [3.8, 4) is 0 Å². The maximum absolute atomic E-state index is 12.0. The number of carbonyl (C=O) groups is 1. The predicted octanol–water partition coefficient (Wildman–Crippen LogP) is 0.997. The van der Waals surface area contributed by atoms with Gasteiger partial charge in [0.05, 0.1) is 6.04 Å². The van der Waals surface area contributed by atoms with Gasteiger partial charge in [-0.15, -0.1) is 0 Å². The van der Waals surface area contributed by atoms with E-state index < -0.39 is 0 Å². The van der Waals surface area contributed by atoms with Gasteiger partial charge in [0.25, 0.3) is 0 Å². The maximum atomic E-state index is 12.0. The average Bonchev–Trinajstić information content (AvgIpc) is 2.71. The molecule has 1 amide bonds. The second-order valence-electron chi connectivity index (χ2n) is 4.66. The minimum Gasteiger partial charge on any atom is -0.341 e. The minimum absolute atomic E-state index is 0.128. The Labute approximate surface area is 85.8 Å². The van der Waals surface area contributed by atoms with Crippen LogP contribution >= 0.6 is 0 Å². The molecule has 2 saturated heterocycles. The zero-order valence-corrected chi connectivity index (χ0v) is 8.96. The van der Waals surface area contributed by atoms with Crippen molar-refractivity contribution in [1.29, 1.82) is 0 Å². The molecule has 2 aliphatic heterocycles. The van der Waals surface area contributed by atoms with Crippen molar-refractivity contribution in [2.45, 2.75) is 38.6 Å². The van der Waals surface area contributed by atoms with Crippen molar-refractivity contribution in [3.63, 3.8) is 0 Å². The van der Waals surface area contributed by atoms with Gasteiger partial charge in [-0.2, -0.15) is 0 Å². The predicted molar refractivity (Wildman–Crippen MR) is 56.0 cm³/mol. The lowest BCUT2D eigenvalue weighted by Crippen LogP contribution is -2.46. The number of nitrogens with one attached hydrogen (secondary N) is 1. The normalized spacial score (nSPS) is 29.5. The lowest BCUT2D eigenvalue weighted by Gasteiger charge is -2.32. The van der Waals surface area contributed by atoms with Gasteiger partial charge in [-0.1, -0.05) is 6.92 Å². The first-order chi connectivity index (χ1) is 6.77. The highest BCUT2D eigenvalue weighted by Gasteiger charge is 2.28. The summed E-state index contributed by atoms with van der Waals surface area (Å²) in [4.78, 5) is 14.0. The van der Waals surface area contributed by atoms with Crippen molar-refractivity contribution >= 4 is 5.91 Å². The summed E-state index contributed by atoms with van der Waals surface area (Å²) in [6.45, 7) is 5.23. The Hall–Kier alpha value is -0.570. The van der Waals surface area contributed by atoms with Gasteiger partial charge < -0.3 is 10.2 Å². The molecular formula is C11H20N2O. The van der Waals surface area contributed by atoms with Crippen LogP contribution in [-0.2, 0) is 4.79 Å². The largest absolute Gasteiger partial charge is 0.341 e. The summed E-state index contributed by atoms with van der Waals surface area (Å²) in [5, 5.41) is 3.27. The van der Waals surface area contributed by atoms with E-state index >= 15 is 0 Å². The van der Waals surface area contributed by atoms with E-state index in [2.05, 4.69) is 12.2 Å². The number of hydrogen-bond acceptors (Lipinski definition) is 2. The molecule has 1 N–H and O–H groups in total. The first kappa shape index (κ1) is 9.97. The van der Waals surface area contributed by atoms with Crippen LogP contribution in [0.3, 0.4) is 0 Å². The molecule has 0 spiro atoms. The second kappa shape index (κ2) is 4.30. The highest BCUT2D eigenvalue weighted by molar-refractivity contribution is 5.82. The van der Waals surface area contributed by atoms with E-state index in [0.717, 1.165) is 38.4 Å². The fourth-order valence-electron chi connectivity index (χ4n) is 2.34. The zero-order valence-electron chi connectivity index (χ0n) is 8.96. The molecule has 0 saturated carbocycles. The van der Waals surface area contributed by atoms with E-state index in [0.29, 0.717) is 5.91 Å². The van der Waals surface area contributed by atoms with Crippen molar-refractivity contribution in [1.82, 2.24) is 10.2 Å². The second-order valence-corrected chi connectivity index (χ2v) is 4.66. The van der Waals surface area contributed by atoms with E-state index in [-0.39, 0.29) is 6.04 Å². The SMILES string of the molecule is CC1CCN(C(=O)C2CCCN2)CC1. The molecule has 0 aromatic carbocycles. The van der Waals surface area contributed by atoms with Crippen molar-refractivity contribution < 1.29 is 4.79 Å². The molecule has 3 nitrogen and oxygen atoms in total. The molecule has 0 radical (unpaired) electrons. The Balaban J connectivity index is 1.85. The molecule has 2 heterocycles. The molecule has 0 aromatic rings. The van der Waals surface area contributed by atoms with Gasteiger partial charge in [-0.25, -0.2) is 0 Å². The Morgan fingerprint density at radius 2 is 2.00 bits per heavy atom. The molecule has 0 aromatic heterocycles. The summed E-state index contributed by atoms with van der Waals surface area (Å²) in [7, 11) is 0. The van der Waals surface area contributed by atoms with Crippen LogP contribution in [0.4, 0.5) is 0 Å². The molecule has 3 heteroatoms. The van der Waals surface area contributed by atoms with Crippen LogP contribution < -0.4 is 5.32 Å². The van der Waals surface area contributed by atoms with E-state index in [1.807, 2.05) is 4.90 Å². The molecule has 1 unspecified atom stereocenters. The molecule has 0 bridgehead atoms. The Morgan fingerprint density at radius 1 is 1.29 bits per heavy atom. The number of rotatable bonds is 1. The molecule has 2 rings (SSSR count). The third kappa shape index (κ3) is 2.08. The number of hydrogen-bond donors (Lipinski definition) is 1. The summed E-state index contributed by atoms with van der Waals surface area (Å²) >= 11 is 0. The summed E-state index contributed by atoms with van der Waals surface area (Å²) in [6.07, 6.45) is 4.54. The Bertz CT molecular complexity index is 203. The molecule has 0 aliphatic carbocycles. The molecule has 14 heavy (non-hydrogen) atoms. The summed E-state index contributed by atoms with van der Waals surface area (Å²) < 4.78 is 0. The highest BCUT2D eigenvalue weighted by Crippen LogP contribution is 2.18. The number of piperidine rings is 1. The zero-order chi connectivity index (χ0) is 9.97. The van der Waals surface area contributed by atoms with Crippen LogP contribution in [0.5, 0.6) is 0 Å². The number of carbonyl (C=O) groups excluding carboxylic acids is 1. The maximum Gasteiger partial charge on any atom is 0.239 e.